The summed E-state index contributed by atoms with van der Waals surface area (Å²) in [6.45, 7) is 1.85. The number of amidine groups is 1. The van der Waals surface area contributed by atoms with Crippen LogP contribution >= 0.6 is 34.7 Å². The lowest BCUT2D eigenvalue weighted by Crippen LogP contribution is -2.34. The average molecular weight is 323 g/mol. The number of carbonyl (C=O) groups is 1. The SMILES string of the molecule is CCC(=O)N(Cc1cnc(Cl)s1)/C(=N/[N+](=O)[O-])SC. The molecule has 7 nitrogen and oxygen atoms in total. The van der Waals surface area contributed by atoms with Crippen molar-refractivity contribution in [3.05, 3.63) is 25.7 Å². The van der Waals surface area contributed by atoms with Gasteiger partial charge in [-0.05, 0) is 6.26 Å². The van der Waals surface area contributed by atoms with Gasteiger partial charge in [-0.1, -0.05) is 30.3 Å². The number of carbonyl (C=O) groups excluding carboxylic acids is 1. The highest BCUT2D eigenvalue weighted by Crippen LogP contribution is 2.21. The van der Waals surface area contributed by atoms with Gasteiger partial charge in [0, 0.05) is 17.5 Å². The minimum absolute atomic E-state index is 0.0429. The van der Waals surface area contributed by atoms with Gasteiger partial charge in [-0.2, -0.15) is 0 Å². The predicted molar refractivity (Wildman–Crippen MR) is 75.9 cm³/mol. The van der Waals surface area contributed by atoms with Crippen molar-refractivity contribution in [2.45, 2.75) is 19.9 Å². The van der Waals surface area contributed by atoms with E-state index < -0.39 is 5.03 Å². The molecular weight excluding hydrogens is 312 g/mol. The van der Waals surface area contributed by atoms with Gasteiger partial charge < -0.3 is 0 Å². The zero-order valence-corrected chi connectivity index (χ0v) is 12.6. The summed E-state index contributed by atoms with van der Waals surface area (Å²) in [7, 11) is 0. The Hall–Kier alpha value is -1.19. The molecule has 0 aliphatic rings. The standard InChI is InChI=1S/C9H11ClN4O3S2/c1-3-7(15)13(9(18-2)12-14(16)17)5-6-4-11-8(10)19-6/h4H,3,5H2,1-2H3/b12-9-. The second-order valence-corrected chi connectivity index (χ2v) is 5.71. The van der Waals surface area contributed by atoms with Crippen LogP contribution in [-0.2, 0) is 11.3 Å². The Bertz CT molecular complexity index is 505. The van der Waals surface area contributed by atoms with Crippen molar-refractivity contribution >= 4 is 45.8 Å². The number of hydrazone groups is 1. The third-order valence-electron chi connectivity index (χ3n) is 2.02. The number of hydrogen-bond acceptors (Lipinski definition) is 6. The maximum absolute atomic E-state index is 11.9. The number of aromatic nitrogens is 1. The second-order valence-electron chi connectivity index (χ2n) is 3.24. The summed E-state index contributed by atoms with van der Waals surface area (Å²) in [6, 6.07) is 0. The lowest BCUT2D eigenvalue weighted by atomic mass is 10.4. The molecule has 0 aliphatic carbocycles. The van der Waals surface area contributed by atoms with Gasteiger partial charge in [-0.3, -0.25) is 9.69 Å². The van der Waals surface area contributed by atoms with E-state index in [0.29, 0.717) is 4.47 Å². The molecule has 10 heteroatoms. The number of rotatable bonds is 4. The van der Waals surface area contributed by atoms with Crippen molar-refractivity contribution in [3.63, 3.8) is 0 Å². The molecule has 19 heavy (non-hydrogen) atoms. The van der Waals surface area contributed by atoms with Crippen LogP contribution in [0.15, 0.2) is 11.3 Å². The molecule has 0 aromatic carbocycles. The first-order valence-corrected chi connectivity index (χ1v) is 7.57. The van der Waals surface area contributed by atoms with Crippen LogP contribution in [-0.4, -0.2) is 32.2 Å². The summed E-state index contributed by atoms with van der Waals surface area (Å²) < 4.78 is 0.357. The largest absolute Gasteiger partial charge is 0.281 e. The monoisotopic (exact) mass is 322 g/mol. The summed E-state index contributed by atoms with van der Waals surface area (Å²) in [5.41, 5.74) is 0. The molecule has 0 unspecified atom stereocenters. The molecule has 0 fully saturated rings. The van der Waals surface area contributed by atoms with Crippen molar-refractivity contribution in [3.8, 4) is 0 Å². The maximum Gasteiger partial charge on any atom is 0.244 e. The van der Waals surface area contributed by atoms with Crippen molar-refractivity contribution in [1.29, 1.82) is 0 Å². The molecule has 1 aromatic heterocycles. The molecule has 104 valence electrons. The predicted octanol–water partition coefficient (Wildman–Crippen LogP) is 2.45. The Kier molecular flexibility index (Phi) is 6.19. The summed E-state index contributed by atoms with van der Waals surface area (Å²) in [4.78, 5) is 28.2. The van der Waals surface area contributed by atoms with Gasteiger partial charge in [0.05, 0.1) is 11.6 Å². The fraction of sp³-hybridized carbons (Fsp3) is 0.444. The molecule has 0 bridgehead atoms. The quantitative estimate of drug-likeness (QED) is 0.367. The average Bonchev–Trinajstić information content (AvgIpc) is 2.78. The van der Waals surface area contributed by atoms with Crippen LogP contribution in [0.1, 0.15) is 18.2 Å². The molecule has 0 N–H and O–H groups in total. The molecule has 1 rings (SSSR count). The highest BCUT2D eigenvalue weighted by Gasteiger charge is 2.22. The summed E-state index contributed by atoms with van der Waals surface area (Å²) in [5.74, 6) is -0.250. The molecule has 1 heterocycles. The first kappa shape index (κ1) is 15.9. The van der Waals surface area contributed by atoms with Gasteiger partial charge in [-0.15, -0.1) is 11.3 Å². The normalized spacial score (nSPS) is 11.4. The zero-order valence-electron chi connectivity index (χ0n) is 10.2. The Morgan fingerprint density at radius 3 is 2.84 bits per heavy atom. The van der Waals surface area contributed by atoms with Gasteiger partial charge in [0.2, 0.25) is 11.1 Å². The van der Waals surface area contributed by atoms with E-state index in [1.165, 1.54) is 22.4 Å². The summed E-state index contributed by atoms with van der Waals surface area (Å²) >= 11 is 7.97. The van der Waals surface area contributed by atoms with Crippen molar-refractivity contribution in [1.82, 2.24) is 9.88 Å². The minimum atomic E-state index is -0.818. The molecule has 0 radical (unpaired) electrons. The minimum Gasteiger partial charge on any atom is -0.281 e. The highest BCUT2D eigenvalue weighted by molar-refractivity contribution is 8.13. The number of halogens is 1. The fourth-order valence-corrected chi connectivity index (χ4v) is 2.74. The summed E-state index contributed by atoms with van der Waals surface area (Å²) in [6.07, 6.45) is 3.38. The molecule has 1 amide bonds. The van der Waals surface area contributed by atoms with Crippen LogP contribution in [0.25, 0.3) is 0 Å². The lowest BCUT2D eigenvalue weighted by Gasteiger charge is -2.19. The smallest absolute Gasteiger partial charge is 0.244 e. The van der Waals surface area contributed by atoms with E-state index in [1.54, 1.807) is 13.2 Å². The van der Waals surface area contributed by atoms with E-state index in [2.05, 4.69) is 10.1 Å². The van der Waals surface area contributed by atoms with E-state index >= 15 is 0 Å². The van der Waals surface area contributed by atoms with E-state index in [9.17, 15) is 14.9 Å². The van der Waals surface area contributed by atoms with E-state index in [-0.39, 0.29) is 24.0 Å². The van der Waals surface area contributed by atoms with E-state index in [1.807, 2.05) is 0 Å². The number of hydrogen-bond donors (Lipinski definition) is 0. The Morgan fingerprint density at radius 2 is 2.42 bits per heavy atom. The van der Waals surface area contributed by atoms with Crippen LogP contribution in [0.3, 0.4) is 0 Å². The van der Waals surface area contributed by atoms with E-state index in [0.717, 1.165) is 16.6 Å². The Morgan fingerprint density at radius 1 is 1.74 bits per heavy atom. The third kappa shape index (κ3) is 4.77. The Balaban J connectivity index is 3.00. The van der Waals surface area contributed by atoms with Crippen LogP contribution in [0.2, 0.25) is 4.47 Å². The van der Waals surface area contributed by atoms with Crippen molar-refractivity contribution in [2.24, 2.45) is 5.10 Å². The van der Waals surface area contributed by atoms with Crippen LogP contribution in [0, 0.1) is 10.1 Å². The molecule has 0 saturated carbocycles. The molecule has 0 atom stereocenters. The van der Waals surface area contributed by atoms with Gasteiger partial charge in [0.1, 0.15) is 0 Å². The van der Waals surface area contributed by atoms with Crippen LogP contribution in [0.4, 0.5) is 0 Å². The van der Waals surface area contributed by atoms with Crippen molar-refractivity contribution in [2.75, 3.05) is 6.26 Å². The first-order chi connectivity index (χ1) is 8.97. The van der Waals surface area contributed by atoms with E-state index in [4.69, 9.17) is 11.6 Å². The zero-order chi connectivity index (χ0) is 14.4. The molecule has 0 aliphatic heterocycles. The lowest BCUT2D eigenvalue weighted by molar-refractivity contribution is -0.485. The highest BCUT2D eigenvalue weighted by atomic mass is 35.5. The topological polar surface area (TPSA) is 88.7 Å². The van der Waals surface area contributed by atoms with Crippen LogP contribution < -0.4 is 0 Å². The number of nitro groups is 1. The first-order valence-electron chi connectivity index (χ1n) is 5.15. The Labute approximate surface area is 122 Å². The fourth-order valence-electron chi connectivity index (χ4n) is 1.24. The second kappa shape index (κ2) is 7.41. The summed E-state index contributed by atoms with van der Waals surface area (Å²) in [5, 5.41) is 12.9. The number of thiazole rings is 1. The van der Waals surface area contributed by atoms with Gasteiger partial charge in [-0.25, -0.2) is 15.1 Å². The van der Waals surface area contributed by atoms with Crippen molar-refractivity contribution < 1.29 is 9.83 Å². The number of amides is 1. The molecular formula is C9H11ClN4O3S2. The van der Waals surface area contributed by atoms with Gasteiger partial charge in [0.25, 0.3) is 0 Å². The van der Waals surface area contributed by atoms with Crippen LogP contribution in [0.5, 0.6) is 0 Å². The molecule has 1 aromatic rings. The van der Waals surface area contributed by atoms with Gasteiger partial charge >= 0.3 is 0 Å². The number of nitrogens with zero attached hydrogens (tertiary/aromatic N) is 4. The number of thioether (sulfide) groups is 1. The molecule has 0 saturated heterocycles. The van der Waals surface area contributed by atoms with Gasteiger partial charge in [0.15, 0.2) is 9.50 Å². The maximum atomic E-state index is 11.9. The molecule has 0 spiro atoms. The third-order valence-corrected chi connectivity index (χ3v) is 3.79.